The highest BCUT2D eigenvalue weighted by Gasteiger charge is 2.35. The summed E-state index contributed by atoms with van der Waals surface area (Å²) in [6.45, 7) is 2.39. The van der Waals surface area contributed by atoms with Gasteiger partial charge in [-0.25, -0.2) is 13.4 Å². The first-order valence-electron chi connectivity index (χ1n) is 6.22. The fourth-order valence-corrected chi connectivity index (χ4v) is 3.72. The molecule has 6 nitrogen and oxygen atoms in total. The van der Waals surface area contributed by atoms with Gasteiger partial charge < -0.3 is 10.4 Å². The number of piperidine rings is 1. The molecule has 7 heteroatoms. The van der Waals surface area contributed by atoms with Gasteiger partial charge in [0, 0.05) is 26.3 Å². The molecule has 0 aliphatic carbocycles. The van der Waals surface area contributed by atoms with E-state index in [2.05, 4.69) is 10.3 Å². The molecule has 2 heterocycles. The summed E-state index contributed by atoms with van der Waals surface area (Å²) < 4.78 is 26.5. The number of sulfonamides is 1. The van der Waals surface area contributed by atoms with E-state index in [9.17, 15) is 13.5 Å². The third-order valence-corrected chi connectivity index (χ3v) is 5.36. The molecule has 0 spiro atoms. The minimum Gasteiger partial charge on any atom is -0.390 e. The smallest absolute Gasteiger partial charge is 0.246 e. The molecule has 0 saturated carbocycles. The summed E-state index contributed by atoms with van der Waals surface area (Å²) in [5.74, 6) is 0.347. The largest absolute Gasteiger partial charge is 0.390 e. The number of aliphatic hydroxyl groups is 1. The molecule has 0 unspecified atom stereocenters. The second-order valence-corrected chi connectivity index (χ2v) is 6.91. The maximum absolute atomic E-state index is 12.5. The van der Waals surface area contributed by atoms with Gasteiger partial charge in [-0.15, -0.1) is 0 Å². The standard InChI is InChI=1S/C12H19N3O3S/c1-12(16)5-8-15(9-6-12)19(17,18)10-4-3-7-14-11(10)13-2/h3-4,7,16H,5-6,8-9H2,1-2H3,(H,13,14). The van der Waals surface area contributed by atoms with E-state index in [0.717, 1.165) is 0 Å². The molecular weight excluding hydrogens is 266 g/mol. The number of nitrogens with zero attached hydrogens (tertiary/aromatic N) is 2. The van der Waals surface area contributed by atoms with Crippen molar-refractivity contribution in [3.05, 3.63) is 18.3 Å². The first kappa shape index (κ1) is 14.2. The van der Waals surface area contributed by atoms with Crippen LogP contribution in [0.15, 0.2) is 23.2 Å². The minimum atomic E-state index is -3.56. The van der Waals surface area contributed by atoms with Crippen LogP contribution in [0.4, 0.5) is 5.82 Å². The van der Waals surface area contributed by atoms with Crippen molar-refractivity contribution in [1.29, 1.82) is 0 Å². The van der Waals surface area contributed by atoms with Gasteiger partial charge in [-0.2, -0.15) is 4.31 Å². The Labute approximate surface area is 113 Å². The van der Waals surface area contributed by atoms with Crippen molar-refractivity contribution in [2.75, 3.05) is 25.5 Å². The Kier molecular flexibility index (Phi) is 3.80. The van der Waals surface area contributed by atoms with Gasteiger partial charge in [0.05, 0.1) is 5.60 Å². The third-order valence-electron chi connectivity index (χ3n) is 3.42. The molecule has 1 aromatic rings. The van der Waals surface area contributed by atoms with Gasteiger partial charge in [-0.05, 0) is 31.9 Å². The monoisotopic (exact) mass is 285 g/mol. The van der Waals surface area contributed by atoms with Gasteiger partial charge in [0.15, 0.2) is 0 Å². The third kappa shape index (κ3) is 2.88. The molecule has 1 aliphatic heterocycles. The number of rotatable bonds is 3. The second kappa shape index (κ2) is 5.07. The average Bonchev–Trinajstić information content (AvgIpc) is 2.38. The molecule has 0 amide bonds. The van der Waals surface area contributed by atoms with Crippen LogP contribution in [0.1, 0.15) is 19.8 Å². The first-order valence-corrected chi connectivity index (χ1v) is 7.66. The van der Waals surface area contributed by atoms with Gasteiger partial charge in [-0.3, -0.25) is 0 Å². The molecule has 19 heavy (non-hydrogen) atoms. The van der Waals surface area contributed by atoms with E-state index in [-0.39, 0.29) is 4.90 Å². The average molecular weight is 285 g/mol. The second-order valence-electron chi connectivity index (χ2n) is 5.00. The summed E-state index contributed by atoms with van der Waals surface area (Å²) in [6.07, 6.45) is 2.44. The van der Waals surface area contributed by atoms with Crippen molar-refractivity contribution in [1.82, 2.24) is 9.29 Å². The number of nitrogens with one attached hydrogen (secondary N) is 1. The molecule has 1 fully saturated rings. The molecule has 1 aliphatic rings. The summed E-state index contributed by atoms with van der Waals surface area (Å²) in [5.41, 5.74) is -0.771. The number of hydrogen-bond donors (Lipinski definition) is 2. The fraction of sp³-hybridized carbons (Fsp3) is 0.583. The predicted molar refractivity (Wildman–Crippen MR) is 72.4 cm³/mol. The number of pyridine rings is 1. The zero-order chi connectivity index (χ0) is 14.1. The van der Waals surface area contributed by atoms with Crippen molar-refractivity contribution in [2.45, 2.75) is 30.3 Å². The van der Waals surface area contributed by atoms with E-state index in [1.165, 1.54) is 4.31 Å². The number of anilines is 1. The van der Waals surface area contributed by atoms with Gasteiger partial charge in [0.1, 0.15) is 10.7 Å². The summed E-state index contributed by atoms with van der Waals surface area (Å²) in [5, 5.41) is 12.7. The van der Waals surface area contributed by atoms with Crippen molar-refractivity contribution < 1.29 is 13.5 Å². The molecule has 0 bridgehead atoms. The van der Waals surface area contributed by atoms with E-state index in [1.807, 2.05) is 0 Å². The zero-order valence-corrected chi connectivity index (χ0v) is 11.9. The van der Waals surface area contributed by atoms with Crippen LogP contribution in [0.5, 0.6) is 0 Å². The van der Waals surface area contributed by atoms with Crippen LogP contribution in [0.25, 0.3) is 0 Å². The van der Waals surface area contributed by atoms with Crippen LogP contribution in [0.3, 0.4) is 0 Å². The molecular formula is C12H19N3O3S. The van der Waals surface area contributed by atoms with Crippen molar-refractivity contribution in [3.63, 3.8) is 0 Å². The maximum atomic E-state index is 12.5. The lowest BCUT2D eigenvalue weighted by atomic mass is 9.95. The summed E-state index contributed by atoms with van der Waals surface area (Å²) in [4.78, 5) is 4.20. The van der Waals surface area contributed by atoms with E-state index < -0.39 is 15.6 Å². The van der Waals surface area contributed by atoms with Crippen LogP contribution in [0, 0.1) is 0 Å². The Morgan fingerprint density at radius 3 is 2.63 bits per heavy atom. The SMILES string of the molecule is CNc1ncccc1S(=O)(=O)N1CCC(C)(O)CC1. The minimum absolute atomic E-state index is 0.180. The summed E-state index contributed by atoms with van der Waals surface area (Å²) in [6, 6.07) is 3.15. The Morgan fingerprint density at radius 2 is 2.05 bits per heavy atom. The Hall–Kier alpha value is -1.18. The molecule has 1 aromatic heterocycles. The highest BCUT2D eigenvalue weighted by atomic mass is 32.2. The Morgan fingerprint density at radius 1 is 1.42 bits per heavy atom. The van der Waals surface area contributed by atoms with Crippen LogP contribution in [-0.2, 0) is 10.0 Å². The van der Waals surface area contributed by atoms with Crippen LogP contribution in [0.2, 0.25) is 0 Å². The quantitative estimate of drug-likeness (QED) is 0.852. The van der Waals surface area contributed by atoms with Gasteiger partial charge >= 0.3 is 0 Å². The number of aromatic nitrogens is 1. The van der Waals surface area contributed by atoms with Crippen LogP contribution >= 0.6 is 0 Å². The summed E-state index contributed by atoms with van der Waals surface area (Å²) >= 11 is 0. The molecule has 0 aromatic carbocycles. The lowest BCUT2D eigenvalue weighted by Gasteiger charge is -2.35. The van der Waals surface area contributed by atoms with Crippen LogP contribution in [-0.4, -0.2) is 48.6 Å². The van der Waals surface area contributed by atoms with E-state index in [0.29, 0.717) is 31.7 Å². The van der Waals surface area contributed by atoms with Gasteiger partial charge in [0.25, 0.3) is 0 Å². The molecule has 2 N–H and O–H groups in total. The summed E-state index contributed by atoms with van der Waals surface area (Å²) in [7, 11) is -1.92. The topological polar surface area (TPSA) is 82.5 Å². The van der Waals surface area contributed by atoms with Gasteiger partial charge in [0.2, 0.25) is 10.0 Å². The molecule has 0 radical (unpaired) electrons. The van der Waals surface area contributed by atoms with Crippen LogP contribution < -0.4 is 5.32 Å². The lowest BCUT2D eigenvalue weighted by molar-refractivity contribution is 0.0126. The van der Waals surface area contributed by atoms with Crippen molar-refractivity contribution in [3.8, 4) is 0 Å². The Balaban J connectivity index is 2.28. The van der Waals surface area contributed by atoms with Crippen molar-refractivity contribution >= 4 is 15.8 Å². The van der Waals surface area contributed by atoms with E-state index in [4.69, 9.17) is 0 Å². The first-order chi connectivity index (χ1) is 8.87. The van der Waals surface area contributed by atoms with Crippen molar-refractivity contribution in [2.24, 2.45) is 0 Å². The molecule has 106 valence electrons. The van der Waals surface area contributed by atoms with E-state index in [1.54, 1.807) is 32.3 Å². The molecule has 2 rings (SSSR count). The normalized spacial score (nSPS) is 20.2. The fourth-order valence-electron chi connectivity index (χ4n) is 2.13. The highest BCUT2D eigenvalue weighted by molar-refractivity contribution is 7.89. The maximum Gasteiger partial charge on any atom is 0.246 e. The number of hydrogen-bond acceptors (Lipinski definition) is 5. The van der Waals surface area contributed by atoms with Gasteiger partial charge in [-0.1, -0.05) is 0 Å². The molecule has 0 atom stereocenters. The van der Waals surface area contributed by atoms with E-state index >= 15 is 0 Å². The zero-order valence-electron chi connectivity index (χ0n) is 11.1. The highest BCUT2D eigenvalue weighted by Crippen LogP contribution is 2.28. The molecule has 1 saturated heterocycles. The lowest BCUT2D eigenvalue weighted by Crippen LogP contribution is -2.45. The Bertz CT molecular complexity index is 547. The predicted octanol–water partition coefficient (Wildman–Crippen LogP) is 0.659.